The molecule has 1 N–H and O–H groups in total. The van der Waals surface area contributed by atoms with E-state index in [0.717, 1.165) is 11.4 Å². The van der Waals surface area contributed by atoms with E-state index in [1.165, 1.54) is 10.4 Å². The molecule has 0 spiro atoms. The minimum absolute atomic E-state index is 0.129. The summed E-state index contributed by atoms with van der Waals surface area (Å²) in [4.78, 5) is 20.2. The van der Waals surface area contributed by atoms with Crippen molar-refractivity contribution in [2.24, 2.45) is 0 Å². The van der Waals surface area contributed by atoms with Gasteiger partial charge in [-0.25, -0.2) is 4.79 Å². The number of hydrogen-bond donors (Lipinski definition) is 1. The largest absolute Gasteiger partial charge is 0.322 e. The number of pyridine rings is 1. The fraction of sp³-hybridized carbons (Fsp3) is 0.200. The van der Waals surface area contributed by atoms with Gasteiger partial charge in [-0.05, 0) is 60.3 Å². The van der Waals surface area contributed by atoms with Gasteiger partial charge in [0.15, 0.2) is 0 Å². The molecule has 0 aliphatic heterocycles. The Morgan fingerprint density at radius 1 is 1.19 bits per heavy atom. The number of aryl methyl sites for hydroxylation is 1. The molecule has 3 aromatic rings. The molecule has 0 unspecified atom stereocenters. The van der Waals surface area contributed by atoms with Crippen LogP contribution in [0.15, 0.2) is 60.1 Å². The number of amides is 2. The molecule has 0 saturated heterocycles. The maximum absolute atomic E-state index is 12.8. The van der Waals surface area contributed by atoms with E-state index in [1.807, 2.05) is 23.1 Å². The predicted octanol–water partition coefficient (Wildman–Crippen LogP) is 5.38. The zero-order valence-electron chi connectivity index (χ0n) is 14.5. The summed E-state index contributed by atoms with van der Waals surface area (Å²) >= 11 is 7.58. The Kier molecular flexibility index (Phi) is 6.26. The quantitative estimate of drug-likeness (QED) is 0.619. The molecule has 2 amide bonds. The molecule has 1 aromatic carbocycles. The Morgan fingerprint density at radius 2 is 2.00 bits per heavy atom. The topological polar surface area (TPSA) is 45.2 Å². The highest BCUT2D eigenvalue weighted by molar-refractivity contribution is 7.10. The molecule has 3 rings (SSSR count). The molecular formula is C20H20ClN3OS. The van der Waals surface area contributed by atoms with Crippen LogP contribution in [0.2, 0.25) is 5.02 Å². The fourth-order valence-electron chi connectivity index (χ4n) is 2.52. The fourth-order valence-corrected chi connectivity index (χ4v) is 3.57. The third-order valence-corrected chi connectivity index (χ3v) is 5.31. The number of carbonyl (C=O) groups is 1. The van der Waals surface area contributed by atoms with Gasteiger partial charge in [0, 0.05) is 40.4 Å². The molecule has 0 saturated carbocycles. The van der Waals surface area contributed by atoms with Crippen molar-refractivity contribution in [2.45, 2.75) is 19.9 Å². The first-order chi connectivity index (χ1) is 12.6. The average Bonchev–Trinajstić information content (AvgIpc) is 3.06. The van der Waals surface area contributed by atoms with Gasteiger partial charge in [-0.15, -0.1) is 11.3 Å². The van der Waals surface area contributed by atoms with Gasteiger partial charge in [0.05, 0.1) is 6.54 Å². The Bertz CT molecular complexity index is 849. The van der Waals surface area contributed by atoms with Gasteiger partial charge in [-0.1, -0.05) is 17.7 Å². The number of halogens is 1. The standard InChI is InChI=1S/C20H20ClN3OS/c1-15-10-13-26-19(15)14-24(12-9-17-4-2-3-11-22-17)20(25)23-18-7-5-16(21)6-8-18/h2-8,10-11,13H,9,12,14H2,1H3,(H,23,25). The smallest absolute Gasteiger partial charge is 0.319 e. The van der Waals surface area contributed by atoms with Crippen LogP contribution in [0.5, 0.6) is 0 Å². The second-order valence-corrected chi connectivity index (χ2v) is 7.39. The highest BCUT2D eigenvalue weighted by Crippen LogP contribution is 2.19. The van der Waals surface area contributed by atoms with Gasteiger partial charge in [0.2, 0.25) is 0 Å². The van der Waals surface area contributed by atoms with E-state index in [1.54, 1.807) is 41.8 Å². The summed E-state index contributed by atoms with van der Waals surface area (Å²) in [5, 5.41) is 5.65. The lowest BCUT2D eigenvalue weighted by atomic mass is 10.2. The Morgan fingerprint density at radius 3 is 2.65 bits per heavy atom. The number of carbonyl (C=O) groups excluding carboxylic acids is 1. The summed E-state index contributed by atoms with van der Waals surface area (Å²) in [5.41, 5.74) is 2.90. The average molecular weight is 386 g/mol. The number of urea groups is 1. The Hall–Kier alpha value is -2.37. The second-order valence-electron chi connectivity index (χ2n) is 5.96. The first-order valence-electron chi connectivity index (χ1n) is 8.36. The lowest BCUT2D eigenvalue weighted by molar-refractivity contribution is 0.210. The van der Waals surface area contributed by atoms with Crippen molar-refractivity contribution in [1.29, 1.82) is 0 Å². The van der Waals surface area contributed by atoms with Crippen molar-refractivity contribution in [3.8, 4) is 0 Å². The van der Waals surface area contributed by atoms with Gasteiger partial charge in [-0.2, -0.15) is 0 Å². The van der Waals surface area contributed by atoms with E-state index in [-0.39, 0.29) is 6.03 Å². The molecule has 26 heavy (non-hydrogen) atoms. The minimum Gasteiger partial charge on any atom is -0.319 e. The second kappa shape index (κ2) is 8.83. The maximum Gasteiger partial charge on any atom is 0.322 e. The summed E-state index contributed by atoms with van der Waals surface area (Å²) in [7, 11) is 0. The van der Waals surface area contributed by atoms with E-state index < -0.39 is 0 Å². The molecule has 0 atom stereocenters. The summed E-state index contributed by atoms with van der Waals surface area (Å²) in [6, 6.07) is 14.9. The van der Waals surface area contributed by atoms with Gasteiger partial charge in [0.1, 0.15) is 0 Å². The van der Waals surface area contributed by atoms with Crippen LogP contribution in [0.25, 0.3) is 0 Å². The molecule has 0 aliphatic rings. The van der Waals surface area contributed by atoms with Crippen LogP contribution in [0.4, 0.5) is 10.5 Å². The van der Waals surface area contributed by atoms with Gasteiger partial charge < -0.3 is 10.2 Å². The summed E-state index contributed by atoms with van der Waals surface area (Å²) in [5.74, 6) is 0. The predicted molar refractivity (Wildman–Crippen MR) is 108 cm³/mol. The monoisotopic (exact) mass is 385 g/mol. The minimum atomic E-state index is -0.129. The van der Waals surface area contributed by atoms with Crippen LogP contribution >= 0.6 is 22.9 Å². The highest BCUT2D eigenvalue weighted by Gasteiger charge is 2.16. The zero-order chi connectivity index (χ0) is 18.4. The normalized spacial score (nSPS) is 10.5. The molecule has 0 bridgehead atoms. The van der Waals surface area contributed by atoms with Crippen LogP contribution in [-0.2, 0) is 13.0 Å². The summed E-state index contributed by atoms with van der Waals surface area (Å²) < 4.78 is 0. The van der Waals surface area contributed by atoms with Crippen molar-refractivity contribution < 1.29 is 4.79 Å². The van der Waals surface area contributed by atoms with Crippen LogP contribution in [0.1, 0.15) is 16.1 Å². The molecule has 0 radical (unpaired) electrons. The summed E-state index contributed by atoms with van der Waals surface area (Å²) in [6.07, 6.45) is 2.48. The van der Waals surface area contributed by atoms with Gasteiger partial charge in [-0.3, -0.25) is 4.98 Å². The number of aromatic nitrogens is 1. The lowest BCUT2D eigenvalue weighted by Gasteiger charge is -2.23. The molecule has 2 heterocycles. The summed E-state index contributed by atoms with van der Waals surface area (Å²) in [6.45, 7) is 3.24. The maximum atomic E-state index is 12.8. The number of rotatable bonds is 6. The third-order valence-electron chi connectivity index (χ3n) is 4.05. The first-order valence-corrected chi connectivity index (χ1v) is 9.62. The Balaban J connectivity index is 1.71. The number of benzene rings is 1. The van der Waals surface area contributed by atoms with Crippen LogP contribution < -0.4 is 5.32 Å². The molecule has 6 heteroatoms. The lowest BCUT2D eigenvalue weighted by Crippen LogP contribution is -2.36. The van der Waals surface area contributed by atoms with Crippen molar-refractivity contribution in [1.82, 2.24) is 9.88 Å². The van der Waals surface area contributed by atoms with Crippen molar-refractivity contribution >= 4 is 34.7 Å². The number of nitrogens with zero attached hydrogens (tertiary/aromatic N) is 2. The highest BCUT2D eigenvalue weighted by atomic mass is 35.5. The molecule has 134 valence electrons. The third kappa shape index (κ3) is 5.07. The van der Waals surface area contributed by atoms with Gasteiger partial charge >= 0.3 is 6.03 Å². The van der Waals surface area contributed by atoms with E-state index in [2.05, 4.69) is 28.7 Å². The van der Waals surface area contributed by atoms with E-state index in [0.29, 0.717) is 24.5 Å². The van der Waals surface area contributed by atoms with Crippen molar-refractivity contribution in [3.63, 3.8) is 0 Å². The number of nitrogens with one attached hydrogen (secondary N) is 1. The van der Waals surface area contributed by atoms with Crippen LogP contribution in [0, 0.1) is 6.92 Å². The first kappa shape index (κ1) is 18.4. The number of anilines is 1. The molecule has 4 nitrogen and oxygen atoms in total. The SMILES string of the molecule is Cc1ccsc1CN(CCc1ccccn1)C(=O)Nc1ccc(Cl)cc1. The Labute approximate surface area is 162 Å². The van der Waals surface area contributed by atoms with Gasteiger partial charge in [0.25, 0.3) is 0 Å². The number of hydrogen-bond acceptors (Lipinski definition) is 3. The van der Waals surface area contributed by atoms with E-state index in [9.17, 15) is 4.79 Å². The zero-order valence-corrected chi connectivity index (χ0v) is 16.1. The molecular weight excluding hydrogens is 366 g/mol. The van der Waals surface area contributed by atoms with Crippen molar-refractivity contribution in [2.75, 3.05) is 11.9 Å². The molecule has 0 aliphatic carbocycles. The van der Waals surface area contributed by atoms with Crippen molar-refractivity contribution in [3.05, 3.63) is 81.3 Å². The van der Waals surface area contributed by atoms with Crippen LogP contribution in [0.3, 0.4) is 0 Å². The molecule has 2 aromatic heterocycles. The number of thiophene rings is 1. The molecule has 0 fully saturated rings. The van der Waals surface area contributed by atoms with E-state index in [4.69, 9.17) is 11.6 Å². The van der Waals surface area contributed by atoms with Crippen LogP contribution in [-0.4, -0.2) is 22.5 Å². The van der Waals surface area contributed by atoms with E-state index >= 15 is 0 Å².